The predicted octanol–water partition coefficient (Wildman–Crippen LogP) is 3.81. The molecule has 3 aromatic rings. The number of halogens is 1. The molecule has 2 N–H and O–H groups in total. The fraction of sp³-hybridized carbons (Fsp3) is 0.318. The number of ether oxygens (including phenoxy) is 2. The summed E-state index contributed by atoms with van der Waals surface area (Å²) in [6.45, 7) is 2.76. The number of aromatic amines is 1. The fourth-order valence-corrected chi connectivity index (χ4v) is 3.60. The van der Waals surface area contributed by atoms with E-state index in [1.807, 2.05) is 25.1 Å². The third-order valence-corrected chi connectivity index (χ3v) is 5.26. The molecule has 0 amide bonds. The normalized spacial score (nSPS) is 17.4. The molecule has 6 heteroatoms. The standard InChI is InChI=1S/C22H22FNO4/c1-14(15-2-4-20-16(10-15)3-5-21(25)24-20)28-19-12-17(11-18(23)13-19)22(26)6-8-27-9-7-22/h2-5,10-14,26H,6-9H2,1H3,(H,24,25). The Morgan fingerprint density at radius 2 is 1.93 bits per heavy atom. The maximum Gasteiger partial charge on any atom is 0.248 e. The van der Waals surface area contributed by atoms with Gasteiger partial charge in [-0.15, -0.1) is 0 Å². The van der Waals surface area contributed by atoms with Crippen LogP contribution in [0.1, 0.15) is 37.0 Å². The smallest absolute Gasteiger partial charge is 0.248 e. The van der Waals surface area contributed by atoms with Gasteiger partial charge < -0.3 is 19.6 Å². The molecular weight excluding hydrogens is 361 g/mol. The van der Waals surface area contributed by atoms with Gasteiger partial charge in [0.15, 0.2) is 0 Å². The Labute approximate surface area is 161 Å². The summed E-state index contributed by atoms with van der Waals surface area (Å²) in [4.78, 5) is 14.2. The van der Waals surface area contributed by atoms with E-state index in [1.54, 1.807) is 12.1 Å². The molecule has 5 nitrogen and oxygen atoms in total. The summed E-state index contributed by atoms with van der Waals surface area (Å²) in [5, 5.41) is 11.7. The predicted molar refractivity (Wildman–Crippen MR) is 104 cm³/mol. The lowest BCUT2D eigenvalue weighted by molar-refractivity contribution is -0.0682. The van der Waals surface area contributed by atoms with Crippen molar-refractivity contribution in [2.45, 2.75) is 31.5 Å². The van der Waals surface area contributed by atoms with Gasteiger partial charge >= 0.3 is 0 Å². The molecule has 4 rings (SSSR count). The van der Waals surface area contributed by atoms with Gasteiger partial charge in [-0.25, -0.2) is 4.39 Å². The Morgan fingerprint density at radius 1 is 1.14 bits per heavy atom. The topological polar surface area (TPSA) is 71.5 Å². The third kappa shape index (κ3) is 3.79. The molecule has 2 heterocycles. The van der Waals surface area contributed by atoms with Crippen LogP contribution in [0.25, 0.3) is 10.9 Å². The van der Waals surface area contributed by atoms with Crippen molar-refractivity contribution >= 4 is 10.9 Å². The molecule has 1 aromatic heterocycles. The van der Waals surface area contributed by atoms with Crippen LogP contribution in [0.2, 0.25) is 0 Å². The largest absolute Gasteiger partial charge is 0.486 e. The van der Waals surface area contributed by atoms with Crippen molar-refractivity contribution in [3.63, 3.8) is 0 Å². The number of hydrogen-bond donors (Lipinski definition) is 2. The number of pyridine rings is 1. The molecule has 0 radical (unpaired) electrons. The molecule has 1 aliphatic heterocycles. The lowest BCUT2D eigenvalue weighted by Crippen LogP contribution is -2.33. The second-order valence-corrected chi connectivity index (χ2v) is 7.25. The van der Waals surface area contributed by atoms with Crippen LogP contribution in [0.3, 0.4) is 0 Å². The number of H-pyrrole nitrogens is 1. The molecule has 1 saturated heterocycles. The zero-order valence-corrected chi connectivity index (χ0v) is 15.6. The van der Waals surface area contributed by atoms with Crippen LogP contribution in [0.4, 0.5) is 4.39 Å². The quantitative estimate of drug-likeness (QED) is 0.719. The number of aromatic nitrogens is 1. The fourth-order valence-electron chi connectivity index (χ4n) is 3.60. The Bertz CT molecular complexity index is 1060. The highest BCUT2D eigenvalue weighted by Gasteiger charge is 2.32. The minimum Gasteiger partial charge on any atom is -0.486 e. The van der Waals surface area contributed by atoms with Crippen molar-refractivity contribution in [1.29, 1.82) is 0 Å². The van der Waals surface area contributed by atoms with Crippen LogP contribution in [0.15, 0.2) is 53.3 Å². The van der Waals surface area contributed by atoms with E-state index >= 15 is 0 Å². The molecule has 1 aliphatic rings. The summed E-state index contributed by atoms with van der Waals surface area (Å²) < 4.78 is 25.5. The molecule has 0 bridgehead atoms. The first-order valence-corrected chi connectivity index (χ1v) is 9.34. The number of hydrogen-bond acceptors (Lipinski definition) is 4. The monoisotopic (exact) mass is 383 g/mol. The molecule has 2 aromatic carbocycles. The molecule has 1 atom stereocenters. The summed E-state index contributed by atoms with van der Waals surface area (Å²) in [5.41, 5.74) is 0.904. The maximum atomic E-state index is 14.2. The summed E-state index contributed by atoms with van der Waals surface area (Å²) >= 11 is 0. The van der Waals surface area contributed by atoms with Gasteiger partial charge in [0.05, 0.1) is 5.60 Å². The summed E-state index contributed by atoms with van der Waals surface area (Å²) in [6.07, 6.45) is 0.512. The molecule has 0 spiro atoms. The van der Waals surface area contributed by atoms with E-state index in [0.29, 0.717) is 37.4 Å². The first-order valence-electron chi connectivity index (χ1n) is 9.34. The molecular formula is C22H22FNO4. The Kier molecular flexibility index (Phi) is 4.91. The van der Waals surface area contributed by atoms with Crippen LogP contribution in [-0.2, 0) is 10.3 Å². The SMILES string of the molecule is CC(Oc1cc(F)cc(C2(O)CCOCC2)c1)c1ccc2[nH]c(=O)ccc2c1. The maximum absolute atomic E-state index is 14.2. The highest BCUT2D eigenvalue weighted by Crippen LogP contribution is 2.35. The van der Waals surface area contributed by atoms with E-state index in [0.717, 1.165) is 16.5 Å². The van der Waals surface area contributed by atoms with Crippen LogP contribution < -0.4 is 10.3 Å². The van der Waals surface area contributed by atoms with Crippen molar-refractivity contribution < 1.29 is 19.0 Å². The van der Waals surface area contributed by atoms with Gasteiger partial charge in [0.2, 0.25) is 5.56 Å². The Balaban J connectivity index is 1.60. The second-order valence-electron chi connectivity index (χ2n) is 7.25. The third-order valence-electron chi connectivity index (χ3n) is 5.26. The van der Waals surface area contributed by atoms with E-state index < -0.39 is 11.4 Å². The minimum absolute atomic E-state index is 0.150. The van der Waals surface area contributed by atoms with Gasteiger partial charge in [-0.1, -0.05) is 6.07 Å². The Morgan fingerprint density at radius 3 is 2.71 bits per heavy atom. The zero-order valence-electron chi connectivity index (χ0n) is 15.6. The minimum atomic E-state index is -1.10. The summed E-state index contributed by atoms with van der Waals surface area (Å²) in [6, 6.07) is 13.2. The van der Waals surface area contributed by atoms with Crippen molar-refractivity contribution in [3.8, 4) is 5.75 Å². The molecule has 146 valence electrons. The summed E-state index contributed by atoms with van der Waals surface area (Å²) in [7, 11) is 0. The van der Waals surface area contributed by atoms with Gasteiger partial charge in [0.1, 0.15) is 17.7 Å². The van der Waals surface area contributed by atoms with Crippen LogP contribution in [0, 0.1) is 5.82 Å². The number of aliphatic hydroxyl groups is 1. The van der Waals surface area contributed by atoms with Gasteiger partial charge in [-0.3, -0.25) is 4.79 Å². The van der Waals surface area contributed by atoms with Gasteiger partial charge in [0.25, 0.3) is 0 Å². The lowest BCUT2D eigenvalue weighted by atomic mass is 9.86. The molecule has 0 saturated carbocycles. The van der Waals surface area contributed by atoms with E-state index in [1.165, 1.54) is 18.2 Å². The van der Waals surface area contributed by atoms with E-state index in [9.17, 15) is 14.3 Å². The highest BCUT2D eigenvalue weighted by molar-refractivity contribution is 5.79. The highest BCUT2D eigenvalue weighted by atomic mass is 19.1. The van der Waals surface area contributed by atoms with Crippen molar-refractivity contribution in [1.82, 2.24) is 4.98 Å². The van der Waals surface area contributed by atoms with Crippen LogP contribution >= 0.6 is 0 Å². The van der Waals surface area contributed by atoms with Crippen molar-refractivity contribution in [3.05, 3.63) is 75.8 Å². The van der Waals surface area contributed by atoms with E-state index in [2.05, 4.69) is 4.98 Å². The lowest BCUT2D eigenvalue weighted by Gasteiger charge is -2.32. The van der Waals surface area contributed by atoms with Gasteiger partial charge in [0, 0.05) is 43.7 Å². The van der Waals surface area contributed by atoms with Gasteiger partial charge in [-0.2, -0.15) is 0 Å². The van der Waals surface area contributed by atoms with Crippen molar-refractivity contribution in [2.24, 2.45) is 0 Å². The zero-order chi connectivity index (χ0) is 19.7. The molecule has 1 unspecified atom stereocenters. The molecule has 0 aliphatic carbocycles. The second kappa shape index (κ2) is 7.37. The van der Waals surface area contributed by atoms with E-state index in [4.69, 9.17) is 9.47 Å². The first-order chi connectivity index (χ1) is 13.4. The van der Waals surface area contributed by atoms with Crippen molar-refractivity contribution in [2.75, 3.05) is 13.2 Å². The van der Waals surface area contributed by atoms with E-state index in [-0.39, 0.29) is 11.7 Å². The number of fused-ring (bicyclic) bond motifs is 1. The van der Waals surface area contributed by atoms with Crippen LogP contribution in [0.5, 0.6) is 5.75 Å². The number of rotatable bonds is 4. The average Bonchev–Trinajstić information content (AvgIpc) is 2.67. The van der Waals surface area contributed by atoms with Crippen LogP contribution in [-0.4, -0.2) is 23.3 Å². The summed E-state index contributed by atoms with van der Waals surface area (Å²) in [5.74, 6) is -0.0836. The number of benzene rings is 2. The first kappa shape index (κ1) is 18.7. The Hall–Kier alpha value is -2.70. The van der Waals surface area contributed by atoms with Gasteiger partial charge in [-0.05, 0) is 53.8 Å². The number of nitrogens with one attached hydrogen (secondary N) is 1. The average molecular weight is 383 g/mol. The molecule has 1 fully saturated rings. The molecule has 28 heavy (non-hydrogen) atoms.